The van der Waals surface area contributed by atoms with Crippen molar-refractivity contribution in [3.05, 3.63) is 30.1 Å². The molecule has 1 aromatic carbocycles. The lowest BCUT2D eigenvalue weighted by Gasteiger charge is -2.33. The monoisotopic (exact) mass is 522 g/mol. The molecule has 29 heavy (non-hydrogen) atoms. The molecule has 1 saturated heterocycles. The highest BCUT2D eigenvalue weighted by atomic mass is 127. The van der Waals surface area contributed by atoms with E-state index < -0.39 is 0 Å². The molecule has 1 unspecified atom stereocenters. The average molecular weight is 522 g/mol. The standard InChI is InChI=1S/C21H35FN4O2.HI/c1-4-23-21(24-16-17(2)28-20-8-5-7-18(22)15-20)25-19-9-12-26(13-10-19)11-6-14-27-3;/h5,7-8,15,17,19H,4,6,9-14,16H2,1-3H3,(H2,23,24,25);1H. The predicted molar refractivity (Wildman–Crippen MR) is 127 cm³/mol. The second-order valence-corrected chi connectivity index (χ2v) is 7.21. The minimum absolute atomic E-state index is 0. The molecule has 1 aliphatic rings. The van der Waals surface area contributed by atoms with E-state index in [9.17, 15) is 4.39 Å². The Balaban J connectivity index is 0.00000420. The Kier molecular flexibility index (Phi) is 13.2. The van der Waals surface area contributed by atoms with Crippen LogP contribution < -0.4 is 15.4 Å². The first-order valence-electron chi connectivity index (χ1n) is 10.3. The number of guanidine groups is 1. The van der Waals surface area contributed by atoms with Gasteiger partial charge in [-0.05, 0) is 45.2 Å². The largest absolute Gasteiger partial charge is 0.489 e. The van der Waals surface area contributed by atoms with Gasteiger partial charge in [-0.2, -0.15) is 0 Å². The number of piperidine rings is 1. The van der Waals surface area contributed by atoms with Crippen molar-refractivity contribution in [2.75, 3.05) is 46.4 Å². The predicted octanol–water partition coefficient (Wildman–Crippen LogP) is 3.27. The number of methoxy groups -OCH3 is 1. The van der Waals surface area contributed by atoms with Gasteiger partial charge in [0.1, 0.15) is 17.7 Å². The van der Waals surface area contributed by atoms with Crippen molar-refractivity contribution in [1.29, 1.82) is 0 Å². The summed E-state index contributed by atoms with van der Waals surface area (Å²) in [7, 11) is 1.75. The molecule has 1 atom stereocenters. The first-order chi connectivity index (χ1) is 13.6. The van der Waals surface area contributed by atoms with Gasteiger partial charge in [-0.3, -0.25) is 0 Å². The van der Waals surface area contributed by atoms with Crippen molar-refractivity contribution in [2.45, 2.75) is 45.3 Å². The summed E-state index contributed by atoms with van der Waals surface area (Å²) in [6.45, 7) is 9.43. The van der Waals surface area contributed by atoms with E-state index in [2.05, 4.69) is 27.4 Å². The summed E-state index contributed by atoms with van der Waals surface area (Å²) in [5, 5.41) is 6.85. The van der Waals surface area contributed by atoms with Crippen LogP contribution in [0.1, 0.15) is 33.1 Å². The molecule has 0 bridgehead atoms. The van der Waals surface area contributed by atoms with Gasteiger partial charge in [0, 0.05) is 52.0 Å². The highest BCUT2D eigenvalue weighted by molar-refractivity contribution is 14.0. The van der Waals surface area contributed by atoms with Gasteiger partial charge in [0.25, 0.3) is 0 Å². The molecular weight excluding hydrogens is 486 g/mol. The molecule has 1 aliphatic heterocycles. The van der Waals surface area contributed by atoms with E-state index in [-0.39, 0.29) is 35.9 Å². The van der Waals surface area contributed by atoms with E-state index in [1.807, 2.05) is 6.92 Å². The van der Waals surface area contributed by atoms with Gasteiger partial charge in [0.05, 0.1) is 6.54 Å². The van der Waals surface area contributed by atoms with Crippen molar-refractivity contribution < 1.29 is 13.9 Å². The number of rotatable bonds is 10. The maximum absolute atomic E-state index is 13.3. The number of halogens is 2. The summed E-state index contributed by atoms with van der Waals surface area (Å²) in [6, 6.07) is 6.63. The Morgan fingerprint density at radius 2 is 2.10 bits per heavy atom. The molecule has 0 radical (unpaired) electrons. The van der Waals surface area contributed by atoms with Crippen LogP contribution in [-0.2, 0) is 4.74 Å². The van der Waals surface area contributed by atoms with E-state index in [4.69, 9.17) is 9.47 Å². The Morgan fingerprint density at radius 1 is 1.34 bits per heavy atom. The van der Waals surface area contributed by atoms with E-state index in [0.717, 1.165) is 58.0 Å². The van der Waals surface area contributed by atoms with Gasteiger partial charge in [0.15, 0.2) is 5.96 Å². The van der Waals surface area contributed by atoms with Crippen molar-refractivity contribution in [1.82, 2.24) is 15.5 Å². The minimum Gasteiger partial charge on any atom is -0.489 e. The number of benzene rings is 1. The molecule has 0 aliphatic carbocycles. The van der Waals surface area contributed by atoms with E-state index in [1.54, 1.807) is 19.2 Å². The van der Waals surface area contributed by atoms with Crippen LogP contribution in [0.2, 0.25) is 0 Å². The van der Waals surface area contributed by atoms with E-state index >= 15 is 0 Å². The number of hydrogen-bond acceptors (Lipinski definition) is 4. The first kappa shape index (κ1) is 25.9. The van der Waals surface area contributed by atoms with Crippen LogP contribution in [0.15, 0.2) is 29.3 Å². The third kappa shape index (κ3) is 10.5. The second kappa shape index (κ2) is 14.8. The highest BCUT2D eigenvalue weighted by Crippen LogP contribution is 2.14. The molecule has 6 nitrogen and oxygen atoms in total. The van der Waals surface area contributed by atoms with E-state index in [0.29, 0.717) is 18.3 Å². The molecule has 0 saturated carbocycles. The molecule has 1 fully saturated rings. The molecule has 0 spiro atoms. The summed E-state index contributed by atoms with van der Waals surface area (Å²) in [6.07, 6.45) is 3.15. The lowest BCUT2D eigenvalue weighted by molar-refractivity contribution is 0.155. The quantitative estimate of drug-likeness (QED) is 0.214. The zero-order valence-electron chi connectivity index (χ0n) is 17.8. The Hall–Kier alpha value is -1.13. The van der Waals surface area contributed by atoms with Gasteiger partial charge in [-0.15, -0.1) is 24.0 Å². The molecule has 1 heterocycles. The highest BCUT2D eigenvalue weighted by Gasteiger charge is 2.19. The molecule has 1 aromatic rings. The second-order valence-electron chi connectivity index (χ2n) is 7.21. The fraction of sp³-hybridized carbons (Fsp3) is 0.667. The van der Waals surface area contributed by atoms with Gasteiger partial charge >= 0.3 is 0 Å². The van der Waals surface area contributed by atoms with Crippen LogP contribution in [0.4, 0.5) is 4.39 Å². The number of nitrogens with one attached hydrogen (secondary N) is 2. The normalized spacial score (nSPS) is 16.8. The molecule has 2 rings (SSSR count). The summed E-state index contributed by atoms with van der Waals surface area (Å²) < 4.78 is 24.2. The zero-order chi connectivity index (χ0) is 20.2. The number of hydrogen-bond donors (Lipinski definition) is 2. The fourth-order valence-corrected chi connectivity index (χ4v) is 3.28. The van der Waals surface area contributed by atoms with Crippen molar-refractivity contribution >= 4 is 29.9 Å². The minimum atomic E-state index is -0.295. The van der Waals surface area contributed by atoms with Crippen LogP contribution in [0.3, 0.4) is 0 Å². The Morgan fingerprint density at radius 3 is 2.76 bits per heavy atom. The maximum Gasteiger partial charge on any atom is 0.191 e. The van der Waals surface area contributed by atoms with Gasteiger partial charge in [0.2, 0.25) is 0 Å². The molecule has 0 aromatic heterocycles. The lowest BCUT2D eigenvalue weighted by Crippen LogP contribution is -2.49. The van der Waals surface area contributed by atoms with Gasteiger partial charge in [-0.1, -0.05) is 6.07 Å². The topological polar surface area (TPSA) is 58.1 Å². The molecule has 2 N–H and O–H groups in total. The number of nitrogens with zero attached hydrogens (tertiary/aromatic N) is 2. The van der Waals surface area contributed by atoms with Crippen molar-refractivity contribution in [3.63, 3.8) is 0 Å². The maximum atomic E-state index is 13.3. The van der Waals surface area contributed by atoms with Crippen LogP contribution in [0.25, 0.3) is 0 Å². The SMILES string of the molecule is CCNC(=NCC(C)Oc1cccc(F)c1)NC1CCN(CCCOC)CC1.I. The van der Waals surface area contributed by atoms with Crippen LogP contribution in [0, 0.1) is 5.82 Å². The summed E-state index contributed by atoms with van der Waals surface area (Å²) in [5.74, 6) is 1.05. The average Bonchev–Trinajstić information content (AvgIpc) is 2.68. The molecule has 8 heteroatoms. The van der Waals surface area contributed by atoms with Crippen LogP contribution in [0.5, 0.6) is 5.75 Å². The third-order valence-electron chi connectivity index (χ3n) is 4.74. The first-order valence-corrected chi connectivity index (χ1v) is 10.3. The Bertz CT molecular complexity index is 598. The molecule has 166 valence electrons. The number of ether oxygens (including phenoxy) is 2. The van der Waals surface area contributed by atoms with Crippen LogP contribution in [-0.4, -0.2) is 69.4 Å². The van der Waals surface area contributed by atoms with E-state index in [1.165, 1.54) is 12.1 Å². The van der Waals surface area contributed by atoms with Gasteiger partial charge in [-0.25, -0.2) is 9.38 Å². The number of likely N-dealkylation sites (tertiary alicyclic amines) is 1. The third-order valence-corrected chi connectivity index (χ3v) is 4.74. The van der Waals surface area contributed by atoms with Crippen molar-refractivity contribution in [2.24, 2.45) is 4.99 Å². The Labute approximate surface area is 191 Å². The fourth-order valence-electron chi connectivity index (χ4n) is 3.28. The van der Waals surface area contributed by atoms with Crippen molar-refractivity contribution in [3.8, 4) is 5.75 Å². The summed E-state index contributed by atoms with van der Waals surface area (Å²) in [4.78, 5) is 7.15. The molecule has 0 amide bonds. The molecular formula is C21H36FIN4O2. The zero-order valence-corrected chi connectivity index (χ0v) is 20.2. The van der Waals surface area contributed by atoms with Gasteiger partial charge < -0.3 is 25.0 Å². The van der Waals surface area contributed by atoms with Crippen LogP contribution >= 0.6 is 24.0 Å². The summed E-state index contributed by atoms with van der Waals surface area (Å²) in [5.41, 5.74) is 0. The smallest absolute Gasteiger partial charge is 0.191 e. The summed E-state index contributed by atoms with van der Waals surface area (Å²) >= 11 is 0. The lowest BCUT2D eigenvalue weighted by atomic mass is 10.1. The number of aliphatic imine (C=N–C) groups is 1.